The van der Waals surface area contributed by atoms with Gasteiger partial charge in [0, 0.05) is 4.83 Å². The molecule has 0 saturated heterocycles. The first-order valence-electron chi connectivity index (χ1n) is 6.04. The van der Waals surface area contributed by atoms with Crippen molar-refractivity contribution in [3.8, 4) is 11.5 Å². The molecule has 0 aromatic heterocycles. The number of methoxy groups -OCH3 is 2. The average molecular weight is 380 g/mol. The number of benzene rings is 1. The first-order chi connectivity index (χ1) is 8.51. The van der Waals surface area contributed by atoms with Crippen molar-refractivity contribution < 1.29 is 9.47 Å². The Bertz CT molecular complexity index is 392. The number of hydrogen-bond acceptors (Lipinski definition) is 2. The lowest BCUT2D eigenvalue weighted by molar-refractivity contribution is 0.385. The minimum absolute atomic E-state index is 0.531. The van der Waals surface area contributed by atoms with Crippen LogP contribution in [0, 0.1) is 5.92 Å². The van der Waals surface area contributed by atoms with Crippen molar-refractivity contribution in [2.45, 2.75) is 31.5 Å². The minimum atomic E-state index is 0.531. The van der Waals surface area contributed by atoms with Crippen LogP contribution in [0.1, 0.15) is 25.8 Å². The Balaban J connectivity index is 2.86. The van der Waals surface area contributed by atoms with Gasteiger partial charge in [0.25, 0.3) is 0 Å². The van der Waals surface area contributed by atoms with E-state index in [4.69, 9.17) is 9.47 Å². The summed E-state index contributed by atoms with van der Waals surface area (Å²) in [7, 11) is 3.35. The molecule has 4 heteroatoms. The first kappa shape index (κ1) is 15.8. The fraction of sp³-hybridized carbons (Fsp3) is 0.571. The average Bonchev–Trinajstić information content (AvgIpc) is 2.35. The number of rotatable bonds is 6. The molecule has 1 unspecified atom stereocenters. The van der Waals surface area contributed by atoms with Gasteiger partial charge in [0.15, 0.2) is 0 Å². The molecule has 0 spiro atoms. The van der Waals surface area contributed by atoms with Crippen LogP contribution in [0.25, 0.3) is 0 Å². The summed E-state index contributed by atoms with van der Waals surface area (Å²) in [5.74, 6) is 2.31. The van der Waals surface area contributed by atoms with E-state index >= 15 is 0 Å². The van der Waals surface area contributed by atoms with Crippen molar-refractivity contribution in [3.63, 3.8) is 0 Å². The van der Waals surface area contributed by atoms with E-state index in [0.29, 0.717) is 10.7 Å². The Morgan fingerprint density at radius 2 is 1.83 bits per heavy atom. The molecule has 0 aliphatic rings. The van der Waals surface area contributed by atoms with Crippen LogP contribution in [0.15, 0.2) is 16.6 Å². The summed E-state index contributed by atoms with van der Waals surface area (Å²) < 4.78 is 11.6. The first-order valence-corrected chi connectivity index (χ1v) is 7.75. The van der Waals surface area contributed by atoms with Gasteiger partial charge in [-0.05, 0) is 46.3 Å². The Morgan fingerprint density at radius 1 is 1.17 bits per heavy atom. The van der Waals surface area contributed by atoms with Crippen molar-refractivity contribution in [2.24, 2.45) is 5.92 Å². The van der Waals surface area contributed by atoms with Gasteiger partial charge in [-0.2, -0.15) is 0 Å². The lowest BCUT2D eigenvalue weighted by atomic mass is 10.0. The van der Waals surface area contributed by atoms with E-state index in [0.717, 1.165) is 28.8 Å². The third-order valence-electron chi connectivity index (χ3n) is 2.98. The Hall–Kier alpha value is -0.220. The molecule has 0 heterocycles. The van der Waals surface area contributed by atoms with Gasteiger partial charge in [0.2, 0.25) is 0 Å². The maximum absolute atomic E-state index is 5.47. The number of halogens is 2. The van der Waals surface area contributed by atoms with Gasteiger partial charge in [0.1, 0.15) is 16.0 Å². The van der Waals surface area contributed by atoms with Crippen LogP contribution in [-0.4, -0.2) is 19.0 Å². The standard InChI is InChI=1S/C14H20Br2O2/c1-9(2)11(15)7-5-10-6-8-12(17-3)13(16)14(10)18-4/h6,8-9,11H,5,7H2,1-4H3. The van der Waals surface area contributed by atoms with Crippen LogP contribution in [0.4, 0.5) is 0 Å². The maximum atomic E-state index is 5.47. The van der Waals surface area contributed by atoms with Gasteiger partial charge in [-0.3, -0.25) is 0 Å². The Morgan fingerprint density at radius 3 is 2.33 bits per heavy atom. The molecule has 0 aliphatic heterocycles. The van der Waals surface area contributed by atoms with E-state index in [9.17, 15) is 0 Å². The van der Waals surface area contributed by atoms with Crippen molar-refractivity contribution in [2.75, 3.05) is 14.2 Å². The molecular formula is C14H20Br2O2. The van der Waals surface area contributed by atoms with Crippen LogP contribution in [0.3, 0.4) is 0 Å². The zero-order chi connectivity index (χ0) is 13.7. The van der Waals surface area contributed by atoms with Gasteiger partial charge >= 0.3 is 0 Å². The Labute approximate surface area is 126 Å². The van der Waals surface area contributed by atoms with Crippen molar-refractivity contribution in [3.05, 3.63) is 22.2 Å². The summed E-state index contributed by atoms with van der Waals surface area (Å²) in [5, 5.41) is 0. The van der Waals surface area contributed by atoms with Gasteiger partial charge in [-0.1, -0.05) is 35.8 Å². The van der Waals surface area contributed by atoms with Crippen molar-refractivity contribution in [1.29, 1.82) is 0 Å². The second-order valence-corrected chi connectivity index (χ2v) is 6.54. The number of alkyl halides is 1. The summed E-state index contributed by atoms with van der Waals surface area (Å²) in [5.41, 5.74) is 1.20. The van der Waals surface area contributed by atoms with E-state index in [1.54, 1.807) is 14.2 Å². The van der Waals surface area contributed by atoms with Crippen LogP contribution < -0.4 is 9.47 Å². The molecule has 1 atom stereocenters. The molecule has 102 valence electrons. The fourth-order valence-corrected chi connectivity index (χ4v) is 2.72. The van der Waals surface area contributed by atoms with Crippen LogP contribution in [-0.2, 0) is 6.42 Å². The quantitative estimate of drug-likeness (QED) is 0.659. The minimum Gasteiger partial charge on any atom is -0.495 e. The lowest BCUT2D eigenvalue weighted by Gasteiger charge is -2.16. The van der Waals surface area contributed by atoms with Gasteiger partial charge < -0.3 is 9.47 Å². The number of ether oxygens (including phenoxy) is 2. The molecule has 0 saturated carbocycles. The highest BCUT2D eigenvalue weighted by Crippen LogP contribution is 2.38. The molecule has 1 rings (SSSR count). The molecule has 18 heavy (non-hydrogen) atoms. The molecule has 0 amide bonds. The highest BCUT2D eigenvalue weighted by atomic mass is 79.9. The van der Waals surface area contributed by atoms with Crippen molar-refractivity contribution >= 4 is 31.9 Å². The molecule has 0 fully saturated rings. The summed E-state index contributed by atoms with van der Waals surface area (Å²) in [6.45, 7) is 4.45. The summed E-state index contributed by atoms with van der Waals surface area (Å²) in [6, 6.07) is 4.04. The highest BCUT2D eigenvalue weighted by molar-refractivity contribution is 9.10. The second kappa shape index (κ2) is 7.39. The molecule has 0 bridgehead atoms. The van der Waals surface area contributed by atoms with Gasteiger partial charge in [-0.15, -0.1) is 0 Å². The normalized spacial score (nSPS) is 12.6. The predicted molar refractivity (Wildman–Crippen MR) is 83.1 cm³/mol. The van der Waals surface area contributed by atoms with Crippen LogP contribution >= 0.6 is 31.9 Å². The molecule has 0 N–H and O–H groups in total. The number of hydrogen-bond donors (Lipinski definition) is 0. The van der Waals surface area contributed by atoms with E-state index in [-0.39, 0.29) is 0 Å². The largest absolute Gasteiger partial charge is 0.495 e. The third kappa shape index (κ3) is 3.89. The van der Waals surface area contributed by atoms with E-state index in [1.165, 1.54) is 5.56 Å². The monoisotopic (exact) mass is 378 g/mol. The third-order valence-corrected chi connectivity index (χ3v) is 5.25. The van der Waals surface area contributed by atoms with E-state index < -0.39 is 0 Å². The van der Waals surface area contributed by atoms with Crippen molar-refractivity contribution in [1.82, 2.24) is 0 Å². The molecule has 1 aromatic rings. The van der Waals surface area contributed by atoms with E-state index in [2.05, 4.69) is 51.8 Å². The molecule has 0 aliphatic carbocycles. The summed E-state index contributed by atoms with van der Waals surface area (Å²) >= 11 is 7.24. The Kier molecular flexibility index (Phi) is 6.50. The fourth-order valence-electron chi connectivity index (χ4n) is 1.78. The predicted octanol–water partition coefficient (Wildman–Crippen LogP) is 4.82. The van der Waals surface area contributed by atoms with Crippen LogP contribution in [0.2, 0.25) is 0 Å². The zero-order valence-electron chi connectivity index (χ0n) is 11.3. The smallest absolute Gasteiger partial charge is 0.139 e. The van der Waals surface area contributed by atoms with Gasteiger partial charge in [-0.25, -0.2) is 0 Å². The molecule has 0 radical (unpaired) electrons. The summed E-state index contributed by atoms with van der Waals surface area (Å²) in [4.78, 5) is 0.531. The zero-order valence-corrected chi connectivity index (χ0v) is 14.5. The SMILES string of the molecule is COc1ccc(CCC(Br)C(C)C)c(OC)c1Br. The number of aryl methyl sites for hydroxylation is 1. The summed E-state index contributed by atoms with van der Waals surface area (Å²) in [6.07, 6.45) is 2.08. The molecule has 1 aromatic carbocycles. The topological polar surface area (TPSA) is 18.5 Å². The highest BCUT2D eigenvalue weighted by Gasteiger charge is 2.15. The van der Waals surface area contributed by atoms with Gasteiger partial charge in [0.05, 0.1) is 14.2 Å². The lowest BCUT2D eigenvalue weighted by Crippen LogP contribution is -2.08. The van der Waals surface area contributed by atoms with E-state index in [1.807, 2.05) is 6.07 Å². The maximum Gasteiger partial charge on any atom is 0.139 e. The molecular weight excluding hydrogens is 360 g/mol. The molecule has 2 nitrogen and oxygen atoms in total. The van der Waals surface area contributed by atoms with Crippen LogP contribution in [0.5, 0.6) is 11.5 Å². The second-order valence-electron chi connectivity index (χ2n) is 4.57.